The number of ether oxygens (including phenoxy) is 1. The number of likely N-dealkylation sites (tertiary alicyclic amines) is 1. The highest BCUT2D eigenvalue weighted by atomic mass is 127. The zero-order chi connectivity index (χ0) is 20.4. The SMILES string of the molecule is CN=C(NCCC(=O)N1CCCCC1C)NCC(CC(C)C)N1CCOCC1.I. The molecule has 2 atom stereocenters. The number of amides is 1. The number of hydrogen-bond acceptors (Lipinski definition) is 4. The van der Waals surface area contributed by atoms with E-state index in [2.05, 4.69) is 41.3 Å². The molecule has 2 N–H and O–H groups in total. The number of aliphatic imine (C=N–C) groups is 1. The number of guanidine groups is 1. The van der Waals surface area contributed by atoms with Gasteiger partial charge in [-0.25, -0.2) is 0 Å². The molecule has 0 saturated carbocycles. The second kappa shape index (κ2) is 14.4. The first-order valence-corrected chi connectivity index (χ1v) is 11.1. The van der Waals surface area contributed by atoms with Crippen molar-refractivity contribution in [1.29, 1.82) is 0 Å². The molecule has 2 unspecified atom stereocenters. The topological polar surface area (TPSA) is 69.2 Å². The van der Waals surface area contributed by atoms with Gasteiger partial charge in [0.25, 0.3) is 0 Å². The van der Waals surface area contributed by atoms with E-state index in [-0.39, 0.29) is 29.9 Å². The van der Waals surface area contributed by atoms with Crippen LogP contribution in [-0.2, 0) is 9.53 Å². The number of carbonyl (C=O) groups is 1. The van der Waals surface area contributed by atoms with E-state index < -0.39 is 0 Å². The van der Waals surface area contributed by atoms with Gasteiger partial charge in [0.1, 0.15) is 0 Å². The number of morpholine rings is 1. The molecule has 0 radical (unpaired) electrons. The van der Waals surface area contributed by atoms with Crippen molar-refractivity contribution in [3.8, 4) is 0 Å². The van der Waals surface area contributed by atoms with Crippen molar-refractivity contribution in [2.45, 2.75) is 65.0 Å². The lowest BCUT2D eigenvalue weighted by molar-refractivity contribution is -0.134. The molecular weight excluding hydrogens is 481 g/mol. The Balaban J connectivity index is 0.00000420. The second-order valence-electron chi connectivity index (χ2n) is 8.49. The van der Waals surface area contributed by atoms with Gasteiger partial charge in [-0.05, 0) is 38.5 Å². The molecule has 0 bridgehead atoms. The maximum absolute atomic E-state index is 12.5. The maximum atomic E-state index is 12.5. The van der Waals surface area contributed by atoms with Crippen molar-refractivity contribution >= 4 is 35.8 Å². The summed E-state index contributed by atoms with van der Waals surface area (Å²) < 4.78 is 5.50. The van der Waals surface area contributed by atoms with Gasteiger partial charge in [-0.2, -0.15) is 0 Å². The molecule has 2 saturated heterocycles. The number of nitrogens with one attached hydrogen (secondary N) is 2. The molecule has 2 aliphatic heterocycles. The van der Waals surface area contributed by atoms with Gasteiger partial charge in [0.2, 0.25) is 5.91 Å². The Morgan fingerprint density at radius 1 is 1.17 bits per heavy atom. The van der Waals surface area contributed by atoms with Gasteiger partial charge in [0.15, 0.2) is 5.96 Å². The van der Waals surface area contributed by atoms with E-state index in [9.17, 15) is 4.79 Å². The van der Waals surface area contributed by atoms with E-state index in [1.165, 1.54) is 6.42 Å². The van der Waals surface area contributed by atoms with E-state index in [1.54, 1.807) is 7.05 Å². The Morgan fingerprint density at radius 3 is 2.52 bits per heavy atom. The molecular formula is C21H42IN5O2. The normalized spacial score (nSPS) is 22.2. The molecule has 0 aromatic carbocycles. The van der Waals surface area contributed by atoms with Crippen molar-refractivity contribution in [2.75, 3.05) is 53.0 Å². The first-order chi connectivity index (χ1) is 13.5. The predicted molar refractivity (Wildman–Crippen MR) is 130 cm³/mol. The first kappa shape index (κ1) is 26.4. The Hall–Kier alpha value is -0.610. The third-order valence-electron chi connectivity index (χ3n) is 5.79. The Kier molecular flexibility index (Phi) is 13.1. The summed E-state index contributed by atoms with van der Waals surface area (Å²) in [4.78, 5) is 21.4. The maximum Gasteiger partial charge on any atom is 0.224 e. The fourth-order valence-electron chi connectivity index (χ4n) is 4.18. The van der Waals surface area contributed by atoms with Crippen molar-refractivity contribution in [1.82, 2.24) is 20.4 Å². The van der Waals surface area contributed by atoms with Crippen LogP contribution in [0.2, 0.25) is 0 Å². The zero-order valence-electron chi connectivity index (χ0n) is 18.8. The molecule has 2 heterocycles. The summed E-state index contributed by atoms with van der Waals surface area (Å²) in [6.45, 7) is 12.7. The monoisotopic (exact) mass is 523 g/mol. The zero-order valence-corrected chi connectivity index (χ0v) is 21.1. The standard InChI is InChI=1S/C21H41N5O2.HI/c1-17(2)15-19(25-11-13-28-14-12-25)16-24-21(22-4)23-9-8-20(27)26-10-6-5-7-18(26)3;/h17-19H,5-16H2,1-4H3,(H2,22,23,24);1H. The smallest absolute Gasteiger partial charge is 0.224 e. The summed E-state index contributed by atoms with van der Waals surface area (Å²) in [7, 11) is 1.79. The molecule has 2 rings (SSSR count). The number of halogens is 1. The van der Waals surface area contributed by atoms with Gasteiger partial charge in [-0.3, -0.25) is 14.7 Å². The molecule has 0 aromatic rings. The van der Waals surface area contributed by atoms with Gasteiger partial charge >= 0.3 is 0 Å². The molecule has 0 aliphatic carbocycles. The average molecular weight is 524 g/mol. The molecule has 7 nitrogen and oxygen atoms in total. The first-order valence-electron chi connectivity index (χ1n) is 11.1. The molecule has 2 aliphatic rings. The lowest BCUT2D eigenvalue weighted by atomic mass is 10.0. The van der Waals surface area contributed by atoms with Gasteiger partial charge < -0.3 is 20.3 Å². The summed E-state index contributed by atoms with van der Waals surface area (Å²) in [5, 5.41) is 6.78. The van der Waals surface area contributed by atoms with Crippen LogP contribution in [0.3, 0.4) is 0 Å². The number of rotatable bonds is 8. The molecule has 1 amide bonds. The highest BCUT2D eigenvalue weighted by Crippen LogP contribution is 2.17. The summed E-state index contributed by atoms with van der Waals surface area (Å²) >= 11 is 0. The van der Waals surface area contributed by atoms with Crippen LogP contribution in [0, 0.1) is 5.92 Å². The Bertz CT molecular complexity index is 497. The van der Waals surface area contributed by atoms with Crippen LogP contribution < -0.4 is 10.6 Å². The van der Waals surface area contributed by atoms with Crippen molar-refractivity contribution < 1.29 is 9.53 Å². The predicted octanol–water partition coefficient (Wildman–Crippen LogP) is 2.31. The lowest BCUT2D eigenvalue weighted by Gasteiger charge is -2.36. The van der Waals surface area contributed by atoms with Crippen LogP contribution in [0.5, 0.6) is 0 Å². The number of nitrogens with zero attached hydrogens (tertiary/aromatic N) is 3. The molecule has 0 spiro atoms. The van der Waals surface area contributed by atoms with E-state index in [0.29, 0.717) is 31.0 Å². The van der Waals surface area contributed by atoms with E-state index in [1.807, 2.05) is 4.90 Å². The Labute approximate surface area is 194 Å². The number of piperidine rings is 1. The van der Waals surface area contributed by atoms with E-state index in [0.717, 1.165) is 64.6 Å². The van der Waals surface area contributed by atoms with Gasteiger partial charge in [0, 0.05) is 58.3 Å². The highest BCUT2D eigenvalue weighted by molar-refractivity contribution is 14.0. The fraction of sp³-hybridized carbons (Fsp3) is 0.905. The van der Waals surface area contributed by atoms with Crippen LogP contribution in [0.1, 0.15) is 52.9 Å². The summed E-state index contributed by atoms with van der Waals surface area (Å²) in [5.74, 6) is 1.68. The minimum absolute atomic E-state index is 0. The van der Waals surface area contributed by atoms with Gasteiger partial charge in [-0.15, -0.1) is 24.0 Å². The molecule has 170 valence electrons. The van der Waals surface area contributed by atoms with Crippen LogP contribution in [-0.4, -0.2) is 86.7 Å². The van der Waals surface area contributed by atoms with Crippen LogP contribution in [0.25, 0.3) is 0 Å². The molecule has 29 heavy (non-hydrogen) atoms. The van der Waals surface area contributed by atoms with Crippen LogP contribution in [0.15, 0.2) is 4.99 Å². The van der Waals surface area contributed by atoms with Crippen LogP contribution in [0.4, 0.5) is 0 Å². The van der Waals surface area contributed by atoms with Crippen molar-refractivity contribution in [2.24, 2.45) is 10.9 Å². The summed E-state index contributed by atoms with van der Waals surface area (Å²) in [6, 6.07) is 0.849. The highest BCUT2D eigenvalue weighted by Gasteiger charge is 2.23. The molecule has 2 fully saturated rings. The largest absolute Gasteiger partial charge is 0.379 e. The molecule has 0 aromatic heterocycles. The van der Waals surface area contributed by atoms with Crippen molar-refractivity contribution in [3.63, 3.8) is 0 Å². The average Bonchev–Trinajstić information content (AvgIpc) is 2.70. The number of carbonyl (C=O) groups excluding carboxylic acids is 1. The summed E-state index contributed by atoms with van der Waals surface area (Å²) in [6.07, 6.45) is 5.16. The van der Waals surface area contributed by atoms with Crippen LogP contribution >= 0.6 is 24.0 Å². The van der Waals surface area contributed by atoms with Gasteiger partial charge in [-0.1, -0.05) is 13.8 Å². The van der Waals surface area contributed by atoms with Gasteiger partial charge in [0.05, 0.1) is 13.2 Å². The lowest BCUT2D eigenvalue weighted by Crippen LogP contribution is -2.51. The summed E-state index contributed by atoms with van der Waals surface area (Å²) in [5.41, 5.74) is 0. The minimum Gasteiger partial charge on any atom is -0.379 e. The number of hydrogen-bond donors (Lipinski definition) is 2. The van der Waals surface area contributed by atoms with E-state index >= 15 is 0 Å². The quantitative estimate of drug-likeness (QED) is 0.291. The fourth-order valence-corrected chi connectivity index (χ4v) is 4.18. The third-order valence-corrected chi connectivity index (χ3v) is 5.79. The minimum atomic E-state index is 0. The van der Waals surface area contributed by atoms with E-state index in [4.69, 9.17) is 4.74 Å². The van der Waals surface area contributed by atoms with Crippen molar-refractivity contribution in [3.05, 3.63) is 0 Å². The second-order valence-corrected chi connectivity index (χ2v) is 8.49. The third kappa shape index (κ3) is 9.38. The Morgan fingerprint density at radius 2 is 1.90 bits per heavy atom. The molecule has 8 heteroatoms.